The molecule has 0 amide bonds. The van der Waals surface area contributed by atoms with Crippen LogP contribution in [0.3, 0.4) is 0 Å². The average molecular weight is 289 g/mol. The summed E-state index contributed by atoms with van der Waals surface area (Å²) < 4.78 is 0. The smallest absolute Gasteiger partial charge is 0.0480 e. The first-order valence-corrected chi connectivity index (χ1v) is 8.91. The largest absolute Gasteiger partial charge is 0.381 e. The van der Waals surface area contributed by atoms with Gasteiger partial charge in [0.05, 0.1) is 0 Å². The Morgan fingerprint density at radius 2 is 2.00 bits per heavy atom. The summed E-state index contributed by atoms with van der Waals surface area (Å²) in [7, 11) is 0. The van der Waals surface area contributed by atoms with Gasteiger partial charge in [-0.3, -0.25) is 0 Å². The Morgan fingerprint density at radius 3 is 2.70 bits per heavy atom. The molecule has 110 valence electrons. The molecule has 0 aliphatic heterocycles. The molecule has 0 heterocycles. The summed E-state index contributed by atoms with van der Waals surface area (Å²) in [5.74, 6) is 1.95. The standard InChI is InChI=1S/C18H27NS/c1-3-7-15-10-12-16(13-11-15)19-17-8-5-6-9-18(17)20-14-4-2/h4-6,8-9,15-16,19H,2-3,7,10-14H2,1H3. The zero-order chi connectivity index (χ0) is 14.2. The second-order valence-electron chi connectivity index (χ2n) is 5.75. The summed E-state index contributed by atoms with van der Waals surface area (Å²) in [5, 5.41) is 3.77. The molecule has 1 N–H and O–H groups in total. The minimum absolute atomic E-state index is 0.661. The molecule has 0 aromatic heterocycles. The SMILES string of the molecule is C=CCSc1ccccc1NC1CCC(CCC)CC1. The van der Waals surface area contributed by atoms with Crippen LogP contribution in [0.1, 0.15) is 45.4 Å². The normalized spacial score (nSPS) is 22.4. The van der Waals surface area contributed by atoms with Crippen LogP contribution in [0, 0.1) is 5.92 Å². The zero-order valence-corrected chi connectivity index (χ0v) is 13.4. The number of anilines is 1. The average Bonchev–Trinajstić information content (AvgIpc) is 2.49. The van der Waals surface area contributed by atoms with Crippen molar-refractivity contribution in [1.82, 2.24) is 0 Å². The number of hydrogen-bond acceptors (Lipinski definition) is 2. The molecule has 2 heteroatoms. The summed E-state index contributed by atoms with van der Waals surface area (Å²) in [6.45, 7) is 6.11. The van der Waals surface area contributed by atoms with Gasteiger partial charge >= 0.3 is 0 Å². The third-order valence-corrected chi connectivity index (χ3v) is 5.22. The summed E-state index contributed by atoms with van der Waals surface area (Å²) in [4.78, 5) is 1.35. The molecule has 1 aliphatic carbocycles. The molecule has 1 aliphatic rings. The van der Waals surface area contributed by atoms with Crippen molar-refractivity contribution in [2.75, 3.05) is 11.1 Å². The topological polar surface area (TPSA) is 12.0 Å². The lowest BCUT2D eigenvalue weighted by molar-refractivity contribution is 0.319. The van der Waals surface area contributed by atoms with Gasteiger partial charge in [-0.1, -0.05) is 38.0 Å². The van der Waals surface area contributed by atoms with Crippen LogP contribution in [0.25, 0.3) is 0 Å². The van der Waals surface area contributed by atoms with Crippen LogP contribution in [-0.4, -0.2) is 11.8 Å². The molecule has 0 spiro atoms. The van der Waals surface area contributed by atoms with E-state index in [0.717, 1.165) is 11.7 Å². The van der Waals surface area contributed by atoms with Crippen LogP contribution in [-0.2, 0) is 0 Å². The number of hydrogen-bond donors (Lipinski definition) is 1. The number of nitrogens with one attached hydrogen (secondary N) is 1. The molecule has 1 aromatic carbocycles. The highest BCUT2D eigenvalue weighted by molar-refractivity contribution is 7.99. The molecular weight excluding hydrogens is 262 g/mol. The van der Waals surface area contributed by atoms with Crippen molar-refractivity contribution in [2.24, 2.45) is 5.92 Å². The number of rotatable bonds is 7. The predicted molar refractivity (Wildman–Crippen MR) is 91.6 cm³/mol. The van der Waals surface area contributed by atoms with Crippen molar-refractivity contribution in [3.8, 4) is 0 Å². The van der Waals surface area contributed by atoms with Crippen LogP contribution >= 0.6 is 11.8 Å². The lowest BCUT2D eigenvalue weighted by Gasteiger charge is -2.30. The van der Waals surface area contributed by atoms with E-state index < -0.39 is 0 Å². The molecule has 0 saturated heterocycles. The number of para-hydroxylation sites is 1. The first-order chi connectivity index (χ1) is 9.83. The fraction of sp³-hybridized carbons (Fsp3) is 0.556. The van der Waals surface area contributed by atoms with E-state index in [1.165, 1.54) is 49.1 Å². The van der Waals surface area contributed by atoms with Crippen molar-refractivity contribution in [1.29, 1.82) is 0 Å². The minimum atomic E-state index is 0.661. The Bertz CT molecular complexity index is 408. The molecule has 1 aromatic rings. The highest BCUT2D eigenvalue weighted by atomic mass is 32.2. The lowest BCUT2D eigenvalue weighted by Crippen LogP contribution is -2.26. The van der Waals surface area contributed by atoms with E-state index in [4.69, 9.17) is 0 Å². The summed E-state index contributed by atoms with van der Waals surface area (Å²) >= 11 is 1.86. The van der Waals surface area contributed by atoms with E-state index in [9.17, 15) is 0 Å². The van der Waals surface area contributed by atoms with Crippen molar-refractivity contribution >= 4 is 17.4 Å². The zero-order valence-electron chi connectivity index (χ0n) is 12.6. The molecular formula is C18H27NS. The third kappa shape index (κ3) is 4.59. The second kappa shape index (κ2) is 8.41. The van der Waals surface area contributed by atoms with Crippen LogP contribution in [0.5, 0.6) is 0 Å². The number of benzene rings is 1. The van der Waals surface area contributed by atoms with Crippen molar-refractivity contribution in [3.63, 3.8) is 0 Å². The van der Waals surface area contributed by atoms with E-state index in [1.54, 1.807) is 0 Å². The third-order valence-electron chi connectivity index (χ3n) is 4.15. The first-order valence-electron chi connectivity index (χ1n) is 7.92. The molecule has 0 atom stereocenters. The maximum Gasteiger partial charge on any atom is 0.0480 e. The van der Waals surface area contributed by atoms with Crippen LogP contribution in [0.15, 0.2) is 41.8 Å². The van der Waals surface area contributed by atoms with E-state index in [0.29, 0.717) is 6.04 Å². The van der Waals surface area contributed by atoms with Gasteiger partial charge in [-0.25, -0.2) is 0 Å². The van der Waals surface area contributed by atoms with Gasteiger partial charge in [0.2, 0.25) is 0 Å². The van der Waals surface area contributed by atoms with Gasteiger partial charge in [0, 0.05) is 22.4 Å². The maximum absolute atomic E-state index is 3.81. The summed E-state index contributed by atoms with van der Waals surface area (Å²) in [5.41, 5.74) is 1.30. The van der Waals surface area contributed by atoms with Crippen LogP contribution < -0.4 is 5.32 Å². The Hall–Kier alpha value is -0.890. The molecule has 0 bridgehead atoms. The predicted octanol–water partition coefficient (Wildman–Crippen LogP) is 5.74. The van der Waals surface area contributed by atoms with Crippen LogP contribution in [0.4, 0.5) is 5.69 Å². The molecule has 0 unspecified atom stereocenters. The van der Waals surface area contributed by atoms with Gasteiger partial charge in [0.25, 0.3) is 0 Å². The fourth-order valence-corrected chi connectivity index (χ4v) is 3.84. The van der Waals surface area contributed by atoms with Crippen molar-refractivity contribution < 1.29 is 0 Å². The van der Waals surface area contributed by atoms with E-state index in [2.05, 4.69) is 43.1 Å². The molecule has 20 heavy (non-hydrogen) atoms. The van der Waals surface area contributed by atoms with Gasteiger partial charge in [-0.15, -0.1) is 18.3 Å². The van der Waals surface area contributed by atoms with E-state index >= 15 is 0 Å². The lowest BCUT2D eigenvalue weighted by atomic mass is 9.83. The number of thioether (sulfide) groups is 1. The Labute approximate surface area is 128 Å². The Kier molecular flexibility index (Phi) is 6.52. The van der Waals surface area contributed by atoms with Gasteiger partial charge in [0.15, 0.2) is 0 Å². The molecule has 1 saturated carbocycles. The van der Waals surface area contributed by atoms with Gasteiger partial charge < -0.3 is 5.32 Å². The highest BCUT2D eigenvalue weighted by Gasteiger charge is 2.20. The molecule has 0 radical (unpaired) electrons. The summed E-state index contributed by atoms with van der Waals surface area (Å²) in [6, 6.07) is 9.33. The van der Waals surface area contributed by atoms with Crippen LogP contribution in [0.2, 0.25) is 0 Å². The monoisotopic (exact) mass is 289 g/mol. The van der Waals surface area contributed by atoms with Gasteiger partial charge in [-0.05, 0) is 43.7 Å². The molecule has 1 fully saturated rings. The Balaban J connectivity index is 1.89. The van der Waals surface area contributed by atoms with Crippen molar-refractivity contribution in [2.45, 2.75) is 56.4 Å². The quantitative estimate of drug-likeness (QED) is 0.508. The van der Waals surface area contributed by atoms with Crippen molar-refractivity contribution in [3.05, 3.63) is 36.9 Å². The highest BCUT2D eigenvalue weighted by Crippen LogP contribution is 2.32. The minimum Gasteiger partial charge on any atom is -0.381 e. The van der Waals surface area contributed by atoms with E-state index in [-0.39, 0.29) is 0 Å². The van der Waals surface area contributed by atoms with E-state index in [1.807, 2.05) is 17.8 Å². The maximum atomic E-state index is 3.81. The second-order valence-corrected chi connectivity index (χ2v) is 6.81. The fourth-order valence-electron chi connectivity index (χ4n) is 3.08. The van der Waals surface area contributed by atoms with Gasteiger partial charge in [-0.2, -0.15) is 0 Å². The summed E-state index contributed by atoms with van der Waals surface area (Å²) in [6.07, 6.45) is 10.2. The Morgan fingerprint density at radius 1 is 1.25 bits per heavy atom. The molecule has 2 rings (SSSR count). The molecule has 1 nitrogen and oxygen atoms in total. The first kappa shape index (κ1) is 15.5. The van der Waals surface area contributed by atoms with Gasteiger partial charge in [0.1, 0.15) is 0 Å².